The second-order valence-corrected chi connectivity index (χ2v) is 13.7. The summed E-state index contributed by atoms with van der Waals surface area (Å²) in [4.78, 5) is 57.7. The van der Waals surface area contributed by atoms with Crippen molar-refractivity contribution < 1.29 is 57.1 Å². The number of aliphatic hydroxyl groups excluding tert-OH is 2. The van der Waals surface area contributed by atoms with E-state index in [1.54, 1.807) is 34.1 Å². The Morgan fingerprint density at radius 1 is 0.737 bits per heavy atom. The average molecular weight is 828 g/mol. The molecule has 0 saturated carbocycles. The van der Waals surface area contributed by atoms with Gasteiger partial charge in [-0.05, 0) is 42.8 Å². The summed E-state index contributed by atoms with van der Waals surface area (Å²) in [6, 6.07) is 9.28. The van der Waals surface area contributed by atoms with Gasteiger partial charge in [0.15, 0.2) is 12.2 Å². The number of nitrogens with two attached hydrogens (primary N) is 1. The second kappa shape index (κ2) is 20.8. The minimum Gasteiger partial charge on any atom is -0.444 e. The van der Waals surface area contributed by atoms with Gasteiger partial charge in [0.05, 0.1) is 49.1 Å². The molecule has 2 aromatic rings. The van der Waals surface area contributed by atoms with Crippen molar-refractivity contribution in [2.24, 2.45) is 5.73 Å². The number of nitrogens with zero attached hydrogens (tertiary/aromatic N) is 6. The summed E-state index contributed by atoms with van der Waals surface area (Å²) in [5.41, 5.74) is 7.23. The van der Waals surface area contributed by atoms with Gasteiger partial charge >= 0.3 is 12.2 Å². The second-order valence-electron chi connectivity index (χ2n) is 13.7. The maximum atomic E-state index is 14.7. The average Bonchev–Trinajstić information content (AvgIpc) is 3.79. The summed E-state index contributed by atoms with van der Waals surface area (Å²) in [6.07, 6.45) is -3.22. The Morgan fingerprint density at radius 3 is 1.44 bits per heavy atom. The van der Waals surface area contributed by atoms with E-state index in [2.05, 4.69) is 0 Å². The van der Waals surface area contributed by atoms with Gasteiger partial charge in [0, 0.05) is 73.1 Å². The molecule has 2 unspecified atom stereocenters. The Hall–Kier alpha value is -4.53. The standard InChI is InChI=1S/C19H26FN3O5.C18H25FN4O5.ClH/c1-3-14-11-23(19(26)28-14)13-4-5-16(15(20)10-13)21-6-8-22(9-7-21)18(25)17(24)12-27-2;1-27-11-16(24)17(25)22-6-4-21(5-7-22)15-3-2-12(8-14(15)19)23-10-13(9-20)28-18(23)26;/h4-5,10,14,17,24H,3,6-9,11-12H2,1-2H3;2-3,8,13,16,24H,4-7,9-11,20H2,1H3;1H/t14-,17?;13-,16?;/m00./s1. The Labute approximate surface area is 336 Å². The molecule has 6 rings (SSSR count). The number of benzene rings is 2. The highest BCUT2D eigenvalue weighted by Gasteiger charge is 2.34. The highest BCUT2D eigenvalue weighted by Crippen LogP contribution is 2.30. The smallest absolute Gasteiger partial charge is 0.414 e. The van der Waals surface area contributed by atoms with Crippen LogP contribution in [0.2, 0.25) is 0 Å². The van der Waals surface area contributed by atoms with Crippen molar-refractivity contribution in [2.45, 2.75) is 37.8 Å². The molecule has 4 heterocycles. The maximum Gasteiger partial charge on any atom is 0.414 e. The van der Waals surface area contributed by atoms with Crippen LogP contribution in [0.25, 0.3) is 0 Å². The van der Waals surface area contributed by atoms with Gasteiger partial charge in [0.2, 0.25) is 0 Å². The summed E-state index contributed by atoms with van der Waals surface area (Å²) in [6.45, 7) is 6.03. The number of piperazine rings is 2. The fraction of sp³-hybridized carbons (Fsp3) is 0.568. The van der Waals surface area contributed by atoms with E-state index in [1.165, 1.54) is 36.2 Å². The number of carbonyl (C=O) groups is 4. The molecule has 4 fully saturated rings. The molecule has 0 bridgehead atoms. The predicted molar refractivity (Wildman–Crippen MR) is 208 cm³/mol. The topological polar surface area (TPSA) is 191 Å². The number of aliphatic hydroxyl groups is 2. The molecular formula is C37H52ClF2N7O10. The Bertz CT molecular complexity index is 1580. The molecule has 4 N–H and O–H groups in total. The first-order chi connectivity index (χ1) is 26.9. The molecule has 0 aliphatic carbocycles. The first kappa shape index (κ1) is 45.2. The number of methoxy groups -OCH3 is 2. The van der Waals surface area contributed by atoms with E-state index >= 15 is 0 Å². The van der Waals surface area contributed by atoms with E-state index in [1.807, 2.05) is 16.7 Å². The molecule has 4 atom stereocenters. The summed E-state index contributed by atoms with van der Waals surface area (Å²) in [7, 11) is 2.84. The van der Waals surface area contributed by atoms with E-state index in [9.17, 15) is 38.2 Å². The molecule has 0 radical (unpaired) electrons. The number of anilines is 4. The van der Waals surface area contributed by atoms with Crippen molar-refractivity contribution >= 4 is 59.2 Å². The van der Waals surface area contributed by atoms with Crippen LogP contribution in [-0.2, 0) is 28.5 Å². The molecule has 20 heteroatoms. The molecule has 0 aromatic heterocycles. The Balaban J connectivity index is 0.000000248. The maximum absolute atomic E-state index is 14.7. The minimum atomic E-state index is -1.19. The van der Waals surface area contributed by atoms with E-state index in [0.29, 0.717) is 94.6 Å². The zero-order valence-electron chi connectivity index (χ0n) is 32.3. The van der Waals surface area contributed by atoms with Gasteiger partial charge in [0.25, 0.3) is 11.8 Å². The molecule has 2 aromatic carbocycles. The lowest BCUT2D eigenvalue weighted by molar-refractivity contribution is -0.143. The van der Waals surface area contributed by atoms with Crippen LogP contribution in [0.4, 0.5) is 41.1 Å². The van der Waals surface area contributed by atoms with Gasteiger partial charge in [-0.2, -0.15) is 0 Å². The number of rotatable bonds is 12. The molecule has 4 aliphatic rings. The number of ether oxygens (including phenoxy) is 4. The van der Waals surface area contributed by atoms with Crippen LogP contribution < -0.4 is 25.3 Å². The molecule has 316 valence electrons. The lowest BCUT2D eigenvalue weighted by Gasteiger charge is -2.37. The number of cyclic esters (lactones) is 2. The highest BCUT2D eigenvalue weighted by atomic mass is 35.5. The quantitative estimate of drug-likeness (QED) is 0.279. The van der Waals surface area contributed by atoms with Crippen molar-refractivity contribution in [3.63, 3.8) is 0 Å². The van der Waals surface area contributed by atoms with Gasteiger partial charge in [-0.25, -0.2) is 18.4 Å². The lowest BCUT2D eigenvalue weighted by atomic mass is 10.2. The molecule has 4 aliphatic heterocycles. The van der Waals surface area contributed by atoms with Gasteiger partial charge in [0.1, 0.15) is 23.8 Å². The normalized spacial score (nSPS) is 20.7. The Morgan fingerprint density at radius 2 is 1.12 bits per heavy atom. The van der Waals surface area contributed by atoms with E-state index in [0.717, 1.165) is 0 Å². The van der Waals surface area contributed by atoms with Gasteiger partial charge in [-0.3, -0.25) is 19.4 Å². The zero-order valence-corrected chi connectivity index (χ0v) is 33.1. The molecule has 0 spiro atoms. The lowest BCUT2D eigenvalue weighted by Crippen LogP contribution is -2.52. The molecule has 4 saturated heterocycles. The monoisotopic (exact) mass is 827 g/mol. The SMILES string of the molecule is CC[C@H]1CN(c2ccc(N3CCN(C(=O)C(O)COC)CC3)c(F)c2)C(=O)O1.COCC(O)C(=O)N1CCN(c2ccc(N3C[C@H](CN)OC3=O)cc2F)CC1.Cl. The highest BCUT2D eigenvalue weighted by molar-refractivity contribution is 5.91. The third kappa shape index (κ3) is 10.9. The largest absolute Gasteiger partial charge is 0.444 e. The zero-order chi connectivity index (χ0) is 40.5. The van der Waals surface area contributed by atoms with Crippen LogP contribution in [0.5, 0.6) is 0 Å². The van der Waals surface area contributed by atoms with E-state index in [4.69, 9.17) is 24.7 Å². The summed E-state index contributed by atoms with van der Waals surface area (Å²) in [5.74, 6) is -1.65. The first-order valence-corrected chi connectivity index (χ1v) is 18.6. The van der Waals surface area contributed by atoms with Crippen molar-refractivity contribution in [2.75, 3.05) is 119 Å². The number of hydrogen-bond donors (Lipinski definition) is 3. The Kier molecular flexibility index (Phi) is 16.5. The van der Waals surface area contributed by atoms with Gasteiger partial charge in [-0.1, -0.05) is 6.92 Å². The van der Waals surface area contributed by atoms with Crippen molar-refractivity contribution in [1.82, 2.24) is 9.80 Å². The first-order valence-electron chi connectivity index (χ1n) is 18.6. The fourth-order valence-corrected chi connectivity index (χ4v) is 6.86. The number of hydrogen-bond acceptors (Lipinski definition) is 13. The molecule has 57 heavy (non-hydrogen) atoms. The van der Waals surface area contributed by atoms with Crippen LogP contribution in [0.1, 0.15) is 13.3 Å². The molecule has 4 amide bonds. The fourth-order valence-electron chi connectivity index (χ4n) is 6.86. The summed E-state index contributed by atoms with van der Waals surface area (Å²) in [5, 5.41) is 19.5. The number of carbonyl (C=O) groups excluding carboxylic acids is 4. The van der Waals surface area contributed by atoms with Gasteiger partial charge < -0.3 is 54.5 Å². The van der Waals surface area contributed by atoms with Crippen LogP contribution in [0.15, 0.2) is 36.4 Å². The third-order valence-electron chi connectivity index (χ3n) is 10.0. The van der Waals surface area contributed by atoms with Crippen LogP contribution >= 0.6 is 12.4 Å². The summed E-state index contributed by atoms with van der Waals surface area (Å²) >= 11 is 0. The number of amides is 4. The van der Waals surface area contributed by atoms with E-state index < -0.39 is 42.1 Å². The molecular weight excluding hydrogens is 776 g/mol. The third-order valence-corrected chi connectivity index (χ3v) is 10.0. The van der Waals surface area contributed by atoms with Crippen molar-refractivity contribution in [3.05, 3.63) is 48.0 Å². The van der Waals surface area contributed by atoms with Crippen LogP contribution in [0.3, 0.4) is 0 Å². The van der Waals surface area contributed by atoms with Crippen LogP contribution in [0, 0.1) is 11.6 Å². The predicted octanol–water partition coefficient (Wildman–Crippen LogP) is 1.40. The van der Waals surface area contributed by atoms with Gasteiger partial charge in [-0.15, -0.1) is 12.4 Å². The van der Waals surface area contributed by atoms with Crippen molar-refractivity contribution in [3.8, 4) is 0 Å². The molecule has 17 nitrogen and oxygen atoms in total. The van der Waals surface area contributed by atoms with Crippen molar-refractivity contribution in [1.29, 1.82) is 0 Å². The summed E-state index contributed by atoms with van der Waals surface area (Å²) < 4.78 is 49.3. The minimum absolute atomic E-state index is 0. The van der Waals surface area contributed by atoms with Crippen LogP contribution in [-0.4, -0.2) is 168 Å². The number of halogens is 3. The van der Waals surface area contributed by atoms with E-state index in [-0.39, 0.29) is 50.1 Å².